The Bertz CT molecular complexity index is 1070. The number of rotatable bonds is 6. The number of methoxy groups -OCH3 is 1. The van der Waals surface area contributed by atoms with Crippen molar-refractivity contribution in [2.45, 2.75) is 19.3 Å². The van der Waals surface area contributed by atoms with E-state index in [0.717, 1.165) is 11.1 Å². The van der Waals surface area contributed by atoms with Crippen molar-refractivity contribution in [1.29, 1.82) is 0 Å². The lowest BCUT2D eigenvalue weighted by molar-refractivity contribution is -0.116. The van der Waals surface area contributed by atoms with Crippen LogP contribution in [0.15, 0.2) is 41.0 Å². The summed E-state index contributed by atoms with van der Waals surface area (Å²) < 4.78 is 16.2. The number of amides is 1. The van der Waals surface area contributed by atoms with Gasteiger partial charge in [-0.2, -0.15) is 0 Å². The summed E-state index contributed by atoms with van der Waals surface area (Å²) in [5, 5.41) is 3.43. The first-order valence-corrected chi connectivity index (χ1v) is 9.96. The number of carbonyl (C=O) groups excluding carboxylic acids is 2. The number of hydrogen-bond acceptors (Lipinski definition) is 7. The Labute approximate surface area is 171 Å². The van der Waals surface area contributed by atoms with E-state index in [1.165, 1.54) is 17.6 Å². The highest BCUT2D eigenvalue weighted by Gasteiger charge is 2.34. The average Bonchev–Trinajstić information content (AvgIpc) is 3.36. The Morgan fingerprint density at radius 2 is 2.17 bits per heavy atom. The molecule has 3 N–H and O–H groups in total. The van der Waals surface area contributed by atoms with E-state index >= 15 is 0 Å². The van der Waals surface area contributed by atoms with Crippen LogP contribution in [0.25, 0.3) is 0 Å². The molecule has 1 aliphatic rings. The zero-order valence-corrected chi connectivity index (χ0v) is 16.8. The first-order chi connectivity index (χ1) is 14.0. The van der Waals surface area contributed by atoms with Gasteiger partial charge in [0.05, 0.1) is 25.7 Å². The Morgan fingerprint density at radius 3 is 2.86 bits per heavy atom. The van der Waals surface area contributed by atoms with Gasteiger partial charge in [-0.3, -0.25) is 9.59 Å². The van der Waals surface area contributed by atoms with Crippen molar-refractivity contribution >= 4 is 33.7 Å². The summed E-state index contributed by atoms with van der Waals surface area (Å²) in [6.45, 7) is 2.38. The number of nitrogens with two attached hydrogens (primary N) is 1. The van der Waals surface area contributed by atoms with Crippen molar-refractivity contribution < 1.29 is 23.5 Å². The van der Waals surface area contributed by atoms with Crippen LogP contribution in [0.1, 0.15) is 45.8 Å². The third-order valence-corrected chi connectivity index (χ3v) is 5.95. The lowest BCUT2D eigenvalue weighted by atomic mass is 9.86. The molecule has 0 aliphatic carbocycles. The third kappa shape index (κ3) is 3.36. The van der Waals surface area contributed by atoms with Gasteiger partial charge in [-0.05, 0) is 36.8 Å². The van der Waals surface area contributed by atoms with Crippen LogP contribution >= 0.6 is 11.3 Å². The average molecular weight is 412 g/mol. The van der Waals surface area contributed by atoms with Gasteiger partial charge in [-0.1, -0.05) is 6.07 Å². The number of nitrogens with one attached hydrogen (secondary N) is 1. The van der Waals surface area contributed by atoms with Crippen LogP contribution in [0.2, 0.25) is 0 Å². The van der Waals surface area contributed by atoms with Crippen LogP contribution in [0.3, 0.4) is 0 Å². The number of benzene rings is 1. The van der Waals surface area contributed by atoms with Gasteiger partial charge < -0.3 is 24.9 Å². The lowest BCUT2D eigenvalue weighted by Gasteiger charge is -2.24. The molecule has 29 heavy (non-hydrogen) atoms. The Hall–Kier alpha value is -3.26. The summed E-state index contributed by atoms with van der Waals surface area (Å²) >= 11 is 1.17. The van der Waals surface area contributed by atoms with Crippen LogP contribution in [0, 0.1) is 0 Å². The molecule has 4 rings (SSSR count). The molecule has 1 aliphatic heterocycles. The smallest absolute Gasteiger partial charge is 0.240 e. The van der Waals surface area contributed by atoms with E-state index in [0.29, 0.717) is 33.7 Å². The second-order valence-corrected chi connectivity index (χ2v) is 7.56. The first-order valence-electron chi connectivity index (χ1n) is 9.14. The molecular formula is C21H20N2O5S. The molecule has 3 aromatic rings. The topological polar surface area (TPSA) is 104 Å². The minimum Gasteiger partial charge on any atom is -0.493 e. The lowest BCUT2D eigenvalue weighted by Crippen LogP contribution is -2.22. The zero-order valence-electron chi connectivity index (χ0n) is 16.0. The molecular weight excluding hydrogens is 392 g/mol. The Morgan fingerprint density at radius 1 is 1.34 bits per heavy atom. The van der Waals surface area contributed by atoms with E-state index in [9.17, 15) is 9.59 Å². The first kappa shape index (κ1) is 19.1. The van der Waals surface area contributed by atoms with E-state index in [4.69, 9.17) is 19.6 Å². The summed E-state index contributed by atoms with van der Waals surface area (Å²) in [5.74, 6) is 0.697. The molecule has 1 aromatic carbocycles. The molecule has 0 saturated heterocycles. The van der Waals surface area contributed by atoms with Crippen LogP contribution < -0.4 is 20.5 Å². The second kappa shape index (κ2) is 7.63. The largest absolute Gasteiger partial charge is 0.493 e. The summed E-state index contributed by atoms with van der Waals surface area (Å²) in [7, 11) is 1.58. The number of furan rings is 1. The molecule has 0 radical (unpaired) electrons. The van der Waals surface area contributed by atoms with Crippen LogP contribution in [-0.4, -0.2) is 25.4 Å². The fourth-order valence-corrected chi connectivity index (χ4v) is 4.66. The zero-order chi connectivity index (χ0) is 20.5. The molecule has 8 heteroatoms. The van der Waals surface area contributed by atoms with Crippen molar-refractivity contribution in [3.05, 3.63) is 58.4 Å². The van der Waals surface area contributed by atoms with Gasteiger partial charge in [0.1, 0.15) is 9.88 Å². The number of anilines is 2. The minimum absolute atomic E-state index is 0.130. The number of ether oxygens (including phenoxy) is 2. The maximum absolute atomic E-state index is 12.8. The summed E-state index contributed by atoms with van der Waals surface area (Å²) in [6.07, 6.45) is 1.66. The maximum Gasteiger partial charge on any atom is 0.240 e. The highest BCUT2D eigenvalue weighted by molar-refractivity contribution is 7.19. The molecule has 150 valence electrons. The van der Waals surface area contributed by atoms with E-state index in [1.54, 1.807) is 19.2 Å². The summed E-state index contributed by atoms with van der Waals surface area (Å²) in [6, 6.07) is 8.80. The minimum atomic E-state index is -0.301. The predicted molar refractivity (Wildman–Crippen MR) is 110 cm³/mol. The van der Waals surface area contributed by atoms with Gasteiger partial charge in [-0.15, -0.1) is 11.3 Å². The van der Waals surface area contributed by atoms with Gasteiger partial charge in [0.2, 0.25) is 11.7 Å². The van der Waals surface area contributed by atoms with Crippen molar-refractivity contribution in [3.8, 4) is 11.5 Å². The van der Waals surface area contributed by atoms with Crippen LogP contribution in [-0.2, 0) is 4.79 Å². The van der Waals surface area contributed by atoms with Gasteiger partial charge in [0.25, 0.3) is 0 Å². The molecule has 3 heterocycles. The molecule has 2 aromatic heterocycles. The highest BCUT2D eigenvalue weighted by atomic mass is 32.1. The Balaban J connectivity index is 1.79. The molecule has 1 amide bonds. The normalized spacial score (nSPS) is 15.5. The quantitative estimate of drug-likeness (QED) is 0.592. The third-order valence-electron chi connectivity index (χ3n) is 4.82. The fraction of sp³-hybridized carbons (Fsp3) is 0.238. The molecule has 0 saturated carbocycles. The maximum atomic E-state index is 12.8. The highest BCUT2D eigenvalue weighted by Crippen LogP contribution is 2.48. The van der Waals surface area contributed by atoms with Gasteiger partial charge in [-0.25, -0.2) is 0 Å². The van der Waals surface area contributed by atoms with Crippen LogP contribution in [0.5, 0.6) is 11.5 Å². The number of thiophene rings is 1. The SMILES string of the molecule is CCOc1cc(C2CC(=O)Nc3sc(C(=O)c4ccco4)c(N)c32)ccc1OC. The van der Waals surface area contributed by atoms with Gasteiger partial charge in [0.15, 0.2) is 17.3 Å². The van der Waals surface area contributed by atoms with Crippen molar-refractivity contribution in [2.24, 2.45) is 0 Å². The fourth-order valence-electron chi connectivity index (χ4n) is 3.51. The van der Waals surface area contributed by atoms with Crippen molar-refractivity contribution in [3.63, 3.8) is 0 Å². The van der Waals surface area contributed by atoms with Crippen molar-refractivity contribution in [1.82, 2.24) is 0 Å². The second-order valence-electron chi connectivity index (χ2n) is 6.54. The predicted octanol–water partition coefficient (Wildman–Crippen LogP) is 4.04. The van der Waals surface area contributed by atoms with E-state index in [2.05, 4.69) is 5.32 Å². The Kier molecular flexibility index (Phi) is 5.02. The van der Waals surface area contributed by atoms with E-state index in [1.807, 2.05) is 25.1 Å². The molecule has 0 spiro atoms. The van der Waals surface area contributed by atoms with Gasteiger partial charge >= 0.3 is 0 Å². The van der Waals surface area contributed by atoms with Crippen molar-refractivity contribution in [2.75, 3.05) is 24.8 Å². The summed E-state index contributed by atoms with van der Waals surface area (Å²) in [5.41, 5.74) is 8.38. The molecule has 1 unspecified atom stereocenters. The van der Waals surface area contributed by atoms with E-state index in [-0.39, 0.29) is 29.8 Å². The monoisotopic (exact) mass is 412 g/mol. The van der Waals surface area contributed by atoms with Crippen LogP contribution in [0.4, 0.5) is 10.7 Å². The standard InChI is InChI=1S/C21H20N2O5S/c1-3-27-15-9-11(6-7-13(15)26-2)12-10-16(24)23-21-17(12)18(22)20(29-21)19(25)14-5-4-8-28-14/h4-9,12H,3,10,22H2,1-2H3,(H,23,24). The number of nitrogen functional groups attached to an aromatic ring is 1. The molecule has 0 fully saturated rings. The number of ketones is 1. The van der Waals surface area contributed by atoms with E-state index < -0.39 is 0 Å². The van der Waals surface area contributed by atoms with Gasteiger partial charge in [0, 0.05) is 17.9 Å². The number of fused-ring (bicyclic) bond motifs is 1. The molecule has 0 bridgehead atoms. The molecule has 7 nitrogen and oxygen atoms in total. The number of carbonyl (C=O) groups is 2. The summed E-state index contributed by atoms with van der Waals surface area (Å²) in [4.78, 5) is 25.5. The molecule has 1 atom stereocenters. The number of hydrogen-bond donors (Lipinski definition) is 2.